The van der Waals surface area contributed by atoms with Crippen molar-refractivity contribution in [2.24, 2.45) is 0 Å². The van der Waals surface area contributed by atoms with Crippen LogP contribution in [0.4, 0.5) is 19.0 Å². The number of hydrogen-bond donors (Lipinski definition) is 1. The molecule has 1 aromatic rings. The van der Waals surface area contributed by atoms with Crippen LogP contribution in [0.1, 0.15) is 19.4 Å². The molecule has 0 amide bonds. The highest BCUT2D eigenvalue weighted by atomic mass is 35.5. The Kier molecular flexibility index (Phi) is 6.18. The van der Waals surface area contributed by atoms with Crippen LogP contribution < -0.4 is 5.32 Å². The van der Waals surface area contributed by atoms with E-state index in [-0.39, 0.29) is 48.4 Å². The first kappa shape index (κ1) is 20.2. The molecule has 1 fully saturated rings. The normalized spacial score (nSPS) is 22.8. The van der Waals surface area contributed by atoms with Crippen molar-refractivity contribution in [3.05, 3.63) is 22.8 Å². The lowest BCUT2D eigenvalue weighted by Crippen LogP contribution is -2.49. The molecule has 0 saturated carbocycles. The standard InChI is InChI=1S/C14H19ClF3N3O3S/c1-9-7-21(8-10(2)24-9)25(22,23)4-3-19-13-12(15)5-11(6-20-13)14(16,17)18/h5-6,9-10H,3-4,7-8H2,1-2H3,(H,19,20)/t9-,10-/m1/s1. The minimum atomic E-state index is -4.54. The summed E-state index contributed by atoms with van der Waals surface area (Å²) in [5, 5.41) is 2.44. The van der Waals surface area contributed by atoms with Crippen molar-refractivity contribution < 1.29 is 26.3 Å². The number of nitrogens with one attached hydrogen (secondary N) is 1. The van der Waals surface area contributed by atoms with Crippen LogP contribution in [0.2, 0.25) is 5.02 Å². The summed E-state index contributed by atoms with van der Waals surface area (Å²) < 4.78 is 69.3. The zero-order chi connectivity index (χ0) is 18.8. The first-order valence-corrected chi connectivity index (χ1v) is 9.57. The Labute approximate surface area is 149 Å². The van der Waals surface area contributed by atoms with Crippen molar-refractivity contribution in [1.29, 1.82) is 0 Å². The van der Waals surface area contributed by atoms with Gasteiger partial charge in [-0.15, -0.1) is 0 Å². The van der Waals surface area contributed by atoms with Crippen molar-refractivity contribution in [2.45, 2.75) is 32.2 Å². The summed E-state index contributed by atoms with van der Waals surface area (Å²) in [6.07, 6.45) is -4.29. The second-order valence-corrected chi connectivity index (χ2v) is 8.36. The highest BCUT2D eigenvalue weighted by Gasteiger charge is 2.32. The smallest absolute Gasteiger partial charge is 0.373 e. The third kappa shape index (κ3) is 5.44. The maximum Gasteiger partial charge on any atom is 0.417 e. The number of aromatic nitrogens is 1. The van der Waals surface area contributed by atoms with Gasteiger partial charge in [0.15, 0.2) is 0 Å². The van der Waals surface area contributed by atoms with Gasteiger partial charge in [-0.05, 0) is 19.9 Å². The molecular weight excluding hydrogens is 383 g/mol. The average Bonchev–Trinajstić information content (AvgIpc) is 2.46. The van der Waals surface area contributed by atoms with E-state index in [0.717, 1.165) is 6.07 Å². The van der Waals surface area contributed by atoms with Gasteiger partial charge in [-0.2, -0.15) is 17.5 Å². The summed E-state index contributed by atoms with van der Waals surface area (Å²) in [7, 11) is -3.52. The lowest BCUT2D eigenvalue weighted by molar-refractivity contribution is -0.137. The lowest BCUT2D eigenvalue weighted by atomic mass is 10.3. The monoisotopic (exact) mass is 401 g/mol. The fourth-order valence-corrected chi connectivity index (χ4v) is 4.23. The van der Waals surface area contributed by atoms with Crippen molar-refractivity contribution in [3.63, 3.8) is 0 Å². The highest BCUT2D eigenvalue weighted by molar-refractivity contribution is 7.89. The maximum atomic E-state index is 12.6. The number of nitrogens with zero attached hydrogens (tertiary/aromatic N) is 2. The van der Waals surface area contributed by atoms with Crippen LogP contribution in [0.3, 0.4) is 0 Å². The molecular formula is C14H19ClF3N3O3S. The van der Waals surface area contributed by atoms with E-state index < -0.39 is 21.8 Å². The minimum Gasteiger partial charge on any atom is -0.373 e. The van der Waals surface area contributed by atoms with Gasteiger partial charge in [-0.25, -0.2) is 13.4 Å². The van der Waals surface area contributed by atoms with E-state index in [1.54, 1.807) is 13.8 Å². The number of halogens is 4. The minimum absolute atomic E-state index is 0.00794. The van der Waals surface area contributed by atoms with E-state index in [0.29, 0.717) is 6.20 Å². The number of anilines is 1. The third-order valence-corrected chi connectivity index (χ3v) is 5.69. The third-order valence-electron chi connectivity index (χ3n) is 3.60. The van der Waals surface area contributed by atoms with Gasteiger partial charge in [0.1, 0.15) is 5.82 Å². The molecule has 1 aliphatic rings. The van der Waals surface area contributed by atoms with Gasteiger partial charge in [0, 0.05) is 25.8 Å². The molecule has 0 bridgehead atoms. The number of ether oxygens (including phenoxy) is 1. The summed E-state index contributed by atoms with van der Waals surface area (Å²) in [6, 6.07) is 0.747. The Bertz CT molecular complexity index is 705. The van der Waals surface area contributed by atoms with Gasteiger partial charge in [0.05, 0.1) is 28.5 Å². The summed E-state index contributed by atoms with van der Waals surface area (Å²) >= 11 is 5.77. The molecule has 0 aromatic carbocycles. The zero-order valence-corrected chi connectivity index (χ0v) is 15.2. The van der Waals surface area contributed by atoms with E-state index in [2.05, 4.69) is 10.3 Å². The van der Waals surface area contributed by atoms with Gasteiger partial charge in [0.25, 0.3) is 0 Å². The number of alkyl halides is 3. The molecule has 1 saturated heterocycles. The first-order valence-electron chi connectivity index (χ1n) is 7.59. The van der Waals surface area contributed by atoms with Crippen LogP contribution in [0, 0.1) is 0 Å². The van der Waals surface area contributed by atoms with E-state index in [1.807, 2.05) is 0 Å². The van der Waals surface area contributed by atoms with Crippen molar-refractivity contribution in [2.75, 3.05) is 30.7 Å². The molecule has 0 unspecified atom stereocenters. The van der Waals surface area contributed by atoms with Gasteiger partial charge in [-0.1, -0.05) is 11.6 Å². The second kappa shape index (κ2) is 7.65. The van der Waals surface area contributed by atoms with Crippen LogP contribution in [-0.4, -0.2) is 55.3 Å². The molecule has 1 aromatic heterocycles. The Balaban J connectivity index is 1.96. The van der Waals surface area contributed by atoms with Crippen molar-refractivity contribution >= 4 is 27.4 Å². The quantitative estimate of drug-likeness (QED) is 0.821. The van der Waals surface area contributed by atoms with Crippen molar-refractivity contribution in [3.8, 4) is 0 Å². The summed E-state index contributed by atoms with van der Waals surface area (Å²) in [5.74, 6) is -0.223. The van der Waals surface area contributed by atoms with Crippen LogP contribution in [0.15, 0.2) is 12.3 Å². The molecule has 0 radical (unpaired) electrons. The number of sulfonamides is 1. The van der Waals surface area contributed by atoms with Crippen molar-refractivity contribution in [1.82, 2.24) is 9.29 Å². The van der Waals surface area contributed by atoms with Gasteiger partial charge in [0.2, 0.25) is 10.0 Å². The SMILES string of the molecule is C[C@@H]1CN(S(=O)(=O)CCNc2ncc(C(F)(F)F)cc2Cl)C[C@@H](C)O1. The number of pyridine rings is 1. The molecule has 1 aliphatic heterocycles. The van der Waals surface area contributed by atoms with E-state index in [1.165, 1.54) is 4.31 Å². The first-order chi connectivity index (χ1) is 11.5. The Morgan fingerprint density at radius 2 is 1.96 bits per heavy atom. The lowest BCUT2D eigenvalue weighted by Gasteiger charge is -2.34. The Hall–Kier alpha value is -1.10. The molecule has 6 nitrogen and oxygen atoms in total. The molecule has 25 heavy (non-hydrogen) atoms. The predicted molar refractivity (Wildman–Crippen MR) is 88.1 cm³/mol. The Morgan fingerprint density at radius 3 is 2.48 bits per heavy atom. The molecule has 2 rings (SSSR count). The topological polar surface area (TPSA) is 71.5 Å². The van der Waals surface area contributed by atoms with Gasteiger partial charge in [-0.3, -0.25) is 0 Å². The summed E-state index contributed by atoms with van der Waals surface area (Å²) in [6.45, 7) is 4.10. The summed E-state index contributed by atoms with van der Waals surface area (Å²) in [5.41, 5.74) is -0.966. The average molecular weight is 402 g/mol. The summed E-state index contributed by atoms with van der Waals surface area (Å²) in [4.78, 5) is 3.61. The van der Waals surface area contributed by atoms with Gasteiger partial charge < -0.3 is 10.1 Å². The fraction of sp³-hybridized carbons (Fsp3) is 0.643. The molecule has 2 heterocycles. The van der Waals surface area contributed by atoms with E-state index in [9.17, 15) is 21.6 Å². The highest BCUT2D eigenvalue weighted by Crippen LogP contribution is 2.32. The molecule has 0 spiro atoms. The van der Waals surface area contributed by atoms with Crippen LogP contribution in [0.5, 0.6) is 0 Å². The van der Waals surface area contributed by atoms with Crippen LogP contribution >= 0.6 is 11.6 Å². The largest absolute Gasteiger partial charge is 0.417 e. The number of morpholine rings is 1. The van der Waals surface area contributed by atoms with E-state index >= 15 is 0 Å². The maximum absolute atomic E-state index is 12.6. The van der Waals surface area contributed by atoms with Gasteiger partial charge >= 0.3 is 6.18 Å². The molecule has 142 valence electrons. The van der Waals surface area contributed by atoms with Crippen LogP contribution in [-0.2, 0) is 20.9 Å². The Morgan fingerprint density at radius 1 is 1.36 bits per heavy atom. The fourth-order valence-electron chi connectivity index (χ4n) is 2.51. The predicted octanol–water partition coefficient (Wildman–Crippen LogP) is 2.60. The molecule has 11 heteroatoms. The molecule has 1 N–H and O–H groups in total. The van der Waals surface area contributed by atoms with E-state index in [4.69, 9.17) is 16.3 Å². The zero-order valence-electron chi connectivity index (χ0n) is 13.7. The molecule has 2 atom stereocenters. The molecule has 0 aliphatic carbocycles. The second-order valence-electron chi connectivity index (χ2n) is 5.87. The van der Waals surface area contributed by atoms with Crippen LogP contribution in [0.25, 0.3) is 0 Å². The number of rotatable bonds is 5. The number of hydrogen-bond acceptors (Lipinski definition) is 5.